The van der Waals surface area contributed by atoms with Gasteiger partial charge in [-0.1, -0.05) is 226 Å². The molecule has 0 unspecified atom stereocenters. The monoisotopic (exact) mass is 825 g/mol. The molecule has 0 N–H and O–H groups in total. The Morgan fingerprint density at radius 1 is 0.246 bits per heavy atom. The lowest BCUT2D eigenvalue weighted by molar-refractivity contribution is 1.11. The highest BCUT2D eigenvalue weighted by atomic mass is 14.1. The second-order valence-electron chi connectivity index (χ2n) is 13.2. The first-order chi connectivity index (χ1) is 29.6. The fraction of sp³-hybridized carbons (Fsp3) is 0.410. The van der Waals surface area contributed by atoms with Crippen LogP contribution in [0.1, 0.15) is 161 Å². The summed E-state index contributed by atoms with van der Waals surface area (Å²) < 4.78 is 0. The molecular weight excluding hydrogens is 733 g/mol. The van der Waals surface area contributed by atoms with E-state index in [9.17, 15) is 0 Å². The minimum absolute atomic E-state index is 1.09. The summed E-state index contributed by atoms with van der Waals surface area (Å²) in [6.45, 7) is 47.7. The predicted molar refractivity (Wildman–Crippen MR) is 286 cm³/mol. The van der Waals surface area contributed by atoms with Crippen molar-refractivity contribution >= 4 is 0 Å². The molecule has 6 aromatic carbocycles. The van der Waals surface area contributed by atoms with E-state index < -0.39 is 0 Å². The summed E-state index contributed by atoms with van der Waals surface area (Å²) in [6, 6.07) is 42.8. The molecule has 0 aliphatic carbocycles. The Kier molecular flexibility index (Phi) is 35.8. The number of aryl methyl sites for hydroxylation is 9. The van der Waals surface area contributed by atoms with Gasteiger partial charge in [-0.2, -0.15) is 0 Å². The molecule has 0 saturated carbocycles. The number of benzene rings is 6. The maximum absolute atomic E-state index is 2.32. The predicted octanol–water partition coefficient (Wildman–Crippen LogP) is 20.5. The molecule has 0 heteroatoms. The van der Waals surface area contributed by atoms with Crippen LogP contribution in [0.3, 0.4) is 0 Å². The quantitative estimate of drug-likeness (QED) is 0.157. The smallest absolute Gasteiger partial charge is 0.0154 e. The van der Waals surface area contributed by atoms with E-state index in [4.69, 9.17) is 0 Å². The van der Waals surface area contributed by atoms with Gasteiger partial charge in [-0.05, 0) is 156 Å². The first kappa shape index (κ1) is 60.6. The lowest BCUT2D eigenvalue weighted by Gasteiger charge is -2.12. The Labute approximate surface area is 380 Å². The van der Waals surface area contributed by atoms with Crippen LogP contribution < -0.4 is 0 Å². The molecule has 0 aliphatic rings. The zero-order chi connectivity index (χ0) is 47.7. The van der Waals surface area contributed by atoms with Crippen LogP contribution in [0.25, 0.3) is 44.5 Å². The third kappa shape index (κ3) is 19.3. The molecule has 0 aliphatic heterocycles. The molecule has 0 aromatic heterocycles. The molecule has 336 valence electrons. The van der Waals surface area contributed by atoms with Crippen molar-refractivity contribution in [2.45, 2.75) is 172 Å². The van der Waals surface area contributed by atoms with Gasteiger partial charge in [-0.25, -0.2) is 0 Å². The van der Waals surface area contributed by atoms with Crippen molar-refractivity contribution in [2.24, 2.45) is 0 Å². The van der Waals surface area contributed by atoms with Crippen molar-refractivity contribution in [1.82, 2.24) is 0 Å². The van der Waals surface area contributed by atoms with Gasteiger partial charge in [0.1, 0.15) is 0 Å². The highest BCUT2D eigenvalue weighted by molar-refractivity contribution is 5.75. The fourth-order valence-electron chi connectivity index (χ4n) is 6.36. The average Bonchev–Trinajstić information content (AvgIpc) is 3.33. The van der Waals surface area contributed by atoms with E-state index in [0.717, 1.165) is 12.8 Å². The number of rotatable bonds is 6. The lowest BCUT2D eigenvalue weighted by atomic mass is 9.93. The second-order valence-corrected chi connectivity index (χ2v) is 13.2. The van der Waals surface area contributed by atoms with Gasteiger partial charge in [0.05, 0.1) is 0 Å². The summed E-state index contributed by atoms with van der Waals surface area (Å²) in [4.78, 5) is 0. The van der Waals surface area contributed by atoms with Crippen LogP contribution in [0.5, 0.6) is 0 Å². The molecule has 0 radical (unpaired) electrons. The normalized spacial score (nSPS) is 9.03. The van der Waals surface area contributed by atoms with Crippen LogP contribution in [-0.2, 0) is 12.8 Å². The Bertz CT molecular complexity index is 2000. The SMILES string of the molecule is CC.CC.CC.CC.CC.CC.CC.CCc1ccc(-c2ccc(-c3ccc(C)c(C)c3)cc2C)cc1.CCc1ccc(-c2ccc(-c3ccc(C)c(C)c3)cc2C)cc1C. The summed E-state index contributed by atoms with van der Waals surface area (Å²) in [6.07, 6.45) is 2.18. The molecule has 0 amide bonds. The van der Waals surface area contributed by atoms with E-state index in [0.29, 0.717) is 0 Å². The molecule has 6 aromatic rings. The van der Waals surface area contributed by atoms with Gasteiger partial charge < -0.3 is 0 Å². The molecule has 0 saturated heterocycles. The van der Waals surface area contributed by atoms with Crippen molar-refractivity contribution in [3.63, 3.8) is 0 Å². The number of hydrogen-bond donors (Lipinski definition) is 0. The first-order valence-electron chi connectivity index (χ1n) is 24.1. The van der Waals surface area contributed by atoms with Crippen LogP contribution in [0.2, 0.25) is 0 Å². The minimum atomic E-state index is 1.09. The summed E-state index contributed by atoms with van der Waals surface area (Å²) >= 11 is 0. The van der Waals surface area contributed by atoms with E-state index in [1.807, 2.05) is 96.9 Å². The maximum Gasteiger partial charge on any atom is -0.0154 e. The lowest BCUT2D eigenvalue weighted by Crippen LogP contribution is -1.90. The van der Waals surface area contributed by atoms with Gasteiger partial charge in [0.15, 0.2) is 0 Å². The molecule has 0 atom stereocenters. The molecule has 0 fully saturated rings. The number of hydrogen-bond acceptors (Lipinski definition) is 0. The van der Waals surface area contributed by atoms with Crippen LogP contribution in [0.15, 0.2) is 115 Å². The van der Waals surface area contributed by atoms with E-state index in [1.54, 1.807) is 0 Å². The largest absolute Gasteiger partial charge is 0.0683 e. The summed E-state index contributed by atoms with van der Waals surface area (Å²) in [5.41, 5.74) is 22.7. The van der Waals surface area contributed by atoms with Crippen LogP contribution >= 0.6 is 0 Å². The van der Waals surface area contributed by atoms with Crippen molar-refractivity contribution in [3.8, 4) is 44.5 Å². The molecule has 0 spiro atoms. The van der Waals surface area contributed by atoms with Crippen LogP contribution in [0.4, 0.5) is 0 Å². The van der Waals surface area contributed by atoms with Gasteiger partial charge in [0.2, 0.25) is 0 Å². The van der Waals surface area contributed by atoms with Gasteiger partial charge >= 0.3 is 0 Å². The second kappa shape index (κ2) is 36.0. The van der Waals surface area contributed by atoms with Gasteiger partial charge in [0, 0.05) is 0 Å². The highest BCUT2D eigenvalue weighted by Gasteiger charge is 2.08. The van der Waals surface area contributed by atoms with Gasteiger partial charge in [-0.15, -0.1) is 0 Å². The molecule has 0 bridgehead atoms. The fourth-order valence-corrected chi connectivity index (χ4v) is 6.36. The van der Waals surface area contributed by atoms with Crippen molar-refractivity contribution < 1.29 is 0 Å². The summed E-state index contributed by atoms with van der Waals surface area (Å²) in [5.74, 6) is 0. The zero-order valence-corrected chi connectivity index (χ0v) is 43.9. The van der Waals surface area contributed by atoms with Crippen molar-refractivity contribution in [3.05, 3.63) is 165 Å². The standard InChI is InChI=1S/C24H26.C23H24.7C2H6/c1-6-20-9-10-23(14-18(20)4)24-12-11-22(15-19(24)5)21-8-7-16(2)17(3)13-21;1-5-19-7-10-20(11-8-19)23-13-12-22(15-18(23)4)21-9-6-16(2)17(3)14-21;7*1-2/h7-15H,6H2,1-5H3;6-15H,5H2,1-4H3;7*1-2H3. The molecular formula is C61H92. The Morgan fingerprint density at radius 2 is 0.541 bits per heavy atom. The van der Waals surface area contributed by atoms with Crippen molar-refractivity contribution in [1.29, 1.82) is 0 Å². The third-order valence-corrected chi connectivity index (χ3v) is 9.84. The highest BCUT2D eigenvalue weighted by Crippen LogP contribution is 2.32. The van der Waals surface area contributed by atoms with Crippen LogP contribution in [0, 0.1) is 48.5 Å². The molecule has 6 rings (SSSR count). The summed E-state index contributed by atoms with van der Waals surface area (Å²) in [7, 11) is 0. The first-order valence-corrected chi connectivity index (χ1v) is 24.1. The molecule has 0 heterocycles. The van der Waals surface area contributed by atoms with E-state index in [2.05, 4.69) is 178 Å². The average molecular weight is 825 g/mol. The topological polar surface area (TPSA) is 0 Å². The van der Waals surface area contributed by atoms with Gasteiger partial charge in [-0.3, -0.25) is 0 Å². The van der Waals surface area contributed by atoms with E-state index in [-0.39, 0.29) is 0 Å². The zero-order valence-electron chi connectivity index (χ0n) is 43.9. The maximum atomic E-state index is 2.32. The Morgan fingerprint density at radius 3 is 0.852 bits per heavy atom. The van der Waals surface area contributed by atoms with Gasteiger partial charge in [0.25, 0.3) is 0 Å². The Balaban J connectivity index is -0.000000858. The molecule has 61 heavy (non-hydrogen) atoms. The minimum Gasteiger partial charge on any atom is -0.0683 e. The van der Waals surface area contributed by atoms with Crippen LogP contribution in [-0.4, -0.2) is 0 Å². The van der Waals surface area contributed by atoms with Crippen molar-refractivity contribution in [2.75, 3.05) is 0 Å². The molecule has 0 nitrogen and oxygen atoms in total. The third-order valence-electron chi connectivity index (χ3n) is 9.84. The Hall–Kier alpha value is -4.68. The van der Waals surface area contributed by atoms with E-state index >= 15 is 0 Å². The van der Waals surface area contributed by atoms with E-state index in [1.165, 1.54) is 94.6 Å². The summed E-state index contributed by atoms with van der Waals surface area (Å²) in [5, 5.41) is 0.